The number of rotatable bonds is 4. The molecule has 1 saturated heterocycles. The topological polar surface area (TPSA) is 23.6 Å². The highest BCUT2D eigenvalue weighted by Gasteiger charge is 2.33. The molecule has 1 atom stereocenters. The predicted octanol–water partition coefficient (Wildman–Crippen LogP) is 3.55. The second-order valence-corrected chi connectivity index (χ2v) is 9.25. The van der Waals surface area contributed by atoms with Crippen molar-refractivity contribution in [3.05, 3.63) is 35.4 Å². The highest BCUT2D eigenvalue weighted by atomic mass is 127. The van der Waals surface area contributed by atoms with Crippen LogP contribution in [0.2, 0.25) is 0 Å². The lowest BCUT2D eigenvalue weighted by atomic mass is 10.0. The standard InChI is InChI=1S/C15H17BrF3IN2O/c16-13(20)14(23)22-9-7-21(8-10-22)6-5-11-3-1-2-4-12(11)15(17,18)19/h1-4,13H,5-10H2. The molecule has 1 fully saturated rings. The summed E-state index contributed by atoms with van der Waals surface area (Å²) in [5.41, 5.74) is -0.229. The predicted molar refractivity (Wildman–Crippen MR) is 94.9 cm³/mol. The smallest absolute Gasteiger partial charge is 0.338 e. The minimum atomic E-state index is -4.31. The molecule has 3 nitrogen and oxygen atoms in total. The number of carbonyl (C=O) groups excluding carboxylic acids is 1. The molecular formula is C15H17BrF3IN2O. The van der Waals surface area contributed by atoms with E-state index >= 15 is 0 Å². The van der Waals surface area contributed by atoms with Crippen molar-refractivity contribution in [1.29, 1.82) is 0 Å². The van der Waals surface area contributed by atoms with Gasteiger partial charge in [-0.05, 0) is 18.1 Å². The minimum Gasteiger partial charge on any atom is -0.338 e. The lowest BCUT2D eigenvalue weighted by Gasteiger charge is -2.35. The fourth-order valence-electron chi connectivity index (χ4n) is 2.62. The summed E-state index contributed by atoms with van der Waals surface area (Å²) in [7, 11) is 0. The van der Waals surface area contributed by atoms with E-state index in [4.69, 9.17) is 0 Å². The number of alkyl halides is 5. The number of piperazine rings is 1. The molecule has 1 aromatic carbocycles. The molecule has 1 unspecified atom stereocenters. The molecule has 0 radical (unpaired) electrons. The van der Waals surface area contributed by atoms with Crippen LogP contribution in [0.25, 0.3) is 0 Å². The Kier molecular flexibility index (Phi) is 6.73. The molecule has 1 aromatic rings. The first-order chi connectivity index (χ1) is 10.8. The largest absolute Gasteiger partial charge is 0.416 e. The van der Waals surface area contributed by atoms with E-state index < -0.39 is 11.7 Å². The van der Waals surface area contributed by atoms with E-state index in [1.54, 1.807) is 11.0 Å². The van der Waals surface area contributed by atoms with Crippen LogP contribution in [0.3, 0.4) is 0 Å². The Morgan fingerprint density at radius 1 is 1.22 bits per heavy atom. The SMILES string of the molecule is O=C(C(Br)I)N1CCN(CCc2ccccc2C(F)(F)F)CC1. The molecule has 0 saturated carbocycles. The maximum atomic E-state index is 13.0. The van der Waals surface area contributed by atoms with Gasteiger partial charge in [-0.3, -0.25) is 9.69 Å². The van der Waals surface area contributed by atoms with E-state index in [-0.39, 0.29) is 8.74 Å². The van der Waals surface area contributed by atoms with Crippen LogP contribution in [-0.4, -0.2) is 51.3 Å². The fourth-order valence-corrected chi connectivity index (χ4v) is 3.31. The molecule has 0 bridgehead atoms. The Morgan fingerprint density at radius 3 is 2.39 bits per heavy atom. The summed E-state index contributed by atoms with van der Waals surface area (Å²) in [4.78, 5) is 15.8. The van der Waals surface area contributed by atoms with E-state index in [0.29, 0.717) is 44.7 Å². The number of hydrogen-bond donors (Lipinski definition) is 0. The Labute approximate surface area is 155 Å². The van der Waals surface area contributed by atoms with Gasteiger partial charge in [0.2, 0.25) is 5.91 Å². The summed E-state index contributed by atoms with van der Waals surface area (Å²) in [6.45, 7) is 3.18. The van der Waals surface area contributed by atoms with Gasteiger partial charge in [-0.25, -0.2) is 0 Å². The number of carbonyl (C=O) groups is 1. The molecule has 0 aliphatic carbocycles. The maximum absolute atomic E-state index is 13.0. The summed E-state index contributed by atoms with van der Waals surface area (Å²) in [6, 6.07) is 5.71. The molecule has 1 amide bonds. The molecule has 128 valence electrons. The summed E-state index contributed by atoms with van der Waals surface area (Å²) in [5, 5.41) is 0. The van der Waals surface area contributed by atoms with Crippen molar-refractivity contribution in [3.8, 4) is 0 Å². The van der Waals surface area contributed by atoms with Crippen molar-refractivity contribution < 1.29 is 18.0 Å². The molecular weight excluding hydrogens is 488 g/mol. The van der Waals surface area contributed by atoms with Crippen molar-refractivity contribution in [1.82, 2.24) is 9.80 Å². The van der Waals surface area contributed by atoms with Crippen molar-refractivity contribution >= 4 is 44.4 Å². The second-order valence-electron chi connectivity index (χ2n) is 5.37. The lowest BCUT2D eigenvalue weighted by molar-refractivity contribution is -0.138. The molecule has 2 rings (SSSR count). The van der Waals surface area contributed by atoms with Crippen LogP contribution in [0.15, 0.2) is 24.3 Å². The third-order valence-corrected chi connectivity index (χ3v) is 4.82. The van der Waals surface area contributed by atoms with Crippen LogP contribution in [-0.2, 0) is 17.4 Å². The Morgan fingerprint density at radius 2 is 1.83 bits per heavy atom. The van der Waals surface area contributed by atoms with Gasteiger partial charge in [-0.15, -0.1) is 0 Å². The third-order valence-electron chi connectivity index (χ3n) is 3.89. The van der Waals surface area contributed by atoms with Crippen molar-refractivity contribution in [2.75, 3.05) is 32.7 Å². The summed E-state index contributed by atoms with van der Waals surface area (Å²) < 4.78 is 38.7. The third kappa shape index (κ3) is 5.32. The monoisotopic (exact) mass is 504 g/mol. The van der Waals surface area contributed by atoms with Gasteiger partial charge < -0.3 is 4.90 Å². The van der Waals surface area contributed by atoms with E-state index in [1.165, 1.54) is 12.1 Å². The molecule has 1 heterocycles. The van der Waals surface area contributed by atoms with Gasteiger partial charge in [-0.1, -0.05) is 56.7 Å². The van der Waals surface area contributed by atoms with E-state index in [2.05, 4.69) is 20.8 Å². The molecule has 1 aliphatic heterocycles. The lowest BCUT2D eigenvalue weighted by Crippen LogP contribution is -2.50. The number of nitrogens with zero attached hydrogens (tertiary/aromatic N) is 2. The van der Waals surface area contributed by atoms with Crippen LogP contribution in [0.5, 0.6) is 0 Å². The molecule has 0 aromatic heterocycles. The summed E-state index contributed by atoms with van der Waals surface area (Å²) >= 11 is 5.27. The fraction of sp³-hybridized carbons (Fsp3) is 0.533. The second kappa shape index (κ2) is 8.15. The molecule has 8 heteroatoms. The van der Waals surface area contributed by atoms with Crippen molar-refractivity contribution in [2.24, 2.45) is 0 Å². The van der Waals surface area contributed by atoms with Gasteiger partial charge in [0.15, 0.2) is 0 Å². The number of amides is 1. The van der Waals surface area contributed by atoms with E-state index in [0.717, 1.165) is 6.07 Å². The first kappa shape index (κ1) is 19.0. The van der Waals surface area contributed by atoms with Crippen LogP contribution >= 0.6 is 38.5 Å². The van der Waals surface area contributed by atoms with Crippen LogP contribution in [0.4, 0.5) is 13.2 Å². The zero-order chi connectivity index (χ0) is 17.0. The van der Waals surface area contributed by atoms with Gasteiger partial charge in [0.25, 0.3) is 0 Å². The van der Waals surface area contributed by atoms with Crippen LogP contribution in [0, 0.1) is 0 Å². The number of hydrogen-bond acceptors (Lipinski definition) is 2. The average molecular weight is 505 g/mol. The van der Waals surface area contributed by atoms with E-state index in [1.807, 2.05) is 22.6 Å². The number of halogens is 5. The molecule has 23 heavy (non-hydrogen) atoms. The Bertz CT molecular complexity index is 546. The maximum Gasteiger partial charge on any atom is 0.416 e. The molecule has 0 spiro atoms. The van der Waals surface area contributed by atoms with Gasteiger partial charge in [-0.2, -0.15) is 13.2 Å². The zero-order valence-electron chi connectivity index (χ0n) is 12.3. The van der Waals surface area contributed by atoms with Crippen molar-refractivity contribution in [3.63, 3.8) is 0 Å². The van der Waals surface area contributed by atoms with Crippen LogP contribution in [0.1, 0.15) is 11.1 Å². The summed E-state index contributed by atoms with van der Waals surface area (Å²) in [5.74, 6) is 0.0488. The van der Waals surface area contributed by atoms with Gasteiger partial charge in [0.1, 0.15) is 2.83 Å². The highest BCUT2D eigenvalue weighted by Crippen LogP contribution is 2.32. The van der Waals surface area contributed by atoms with E-state index in [9.17, 15) is 18.0 Å². The normalized spacial score (nSPS) is 18.0. The minimum absolute atomic E-state index is 0.0488. The first-order valence-corrected chi connectivity index (χ1v) is 9.39. The van der Waals surface area contributed by atoms with Gasteiger partial charge in [0, 0.05) is 32.7 Å². The summed E-state index contributed by atoms with van der Waals surface area (Å²) in [6.07, 6.45) is -3.95. The highest BCUT2D eigenvalue weighted by molar-refractivity contribution is 14.1. The molecule has 0 N–H and O–H groups in total. The van der Waals surface area contributed by atoms with Crippen molar-refractivity contribution in [2.45, 2.75) is 15.4 Å². The average Bonchev–Trinajstić information content (AvgIpc) is 2.52. The van der Waals surface area contributed by atoms with Gasteiger partial charge >= 0.3 is 6.18 Å². The van der Waals surface area contributed by atoms with Crippen LogP contribution < -0.4 is 0 Å². The zero-order valence-corrected chi connectivity index (χ0v) is 16.1. The molecule has 1 aliphatic rings. The first-order valence-electron chi connectivity index (χ1n) is 7.23. The number of benzene rings is 1. The quantitative estimate of drug-likeness (QED) is 0.462. The Balaban J connectivity index is 1.88. The Hall–Kier alpha value is -0.350. The van der Waals surface area contributed by atoms with Gasteiger partial charge in [0.05, 0.1) is 5.56 Å².